The maximum Gasteiger partial charge on any atom is 4.00 e. The van der Waals surface area contributed by atoms with Crippen LogP contribution in [0.15, 0.2) is 0 Å². The van der Waals surface area contributed by atoms with Crippen LogP contribution in [-0.4, -0.2) is 77.0 Å². The second-order valence-corrected chi connectivity index (χ2v) is 9.96. The molecule has 0 spiro atoms. The van der Waals surface area contributed by atoms with E-state index in [9.17, 15) is 49.2 Å². The number of hydrogen-bond acceptors (Lipinski definition) is 10. The predicted octanol–water partition coefficient (Wildman–Crippen LogP) is 2.64. The number of aliphatic carboxylic acids is 3. The third-order valence-corrected chi connectivity index (χ3v) is 5.58. The van der Waals surface area contributed by atoms with Crippen LogP contribution in [0, 0.1) is 17.8 Å². The zero-order chi connectivity index (χ0) is 38.8. The van der Waals surface area contributed by atoms with Crippen molar-refractivity contribution in [2.45, 2.75) is 140 Å². The van der Waals surface area contributed by atoms with Crippen LogP contribution in [0.5, 0.6) is 0 Å². The smallest absolute Gasteiger partial charge is 0.854 e. The molecule has 48 heavy (non-hydrogen) atoms. The first-order valence-corrected chi connectivity index (χ1v) is 16.5. The van der Waals surface area contributed by atoms with Gasteiger partial charge in [-0.2, -0.15) is 0 Å². The van der Waals surface area contributed by atoms with Gasteiger partial charge in [0.15, 0.2) is 0 Å². The summed E-state index contributed by atoms with van der Waals surface area (Å²) >= 11 is 0. The molecule has 0 heterocycles. The van der Waals surface area contributed by atoms with Crippen molar-refractivity contribution in [3.8, 4) is 0 Å². The summed E-state index contributed by atoms with van der Waals surface area (Å²) in [4.78, 5) is 61.8. The first kappa shape index (κ1) is 64.6. The Labute approximate surface area is 309 Å². The molecule has 0 aromatic rings. The maximum atomic E-state index is 10.4. The minimum atomic E-state index is -1.02. The number of carbonyl (C=O) groups excluding carboxylic acids is 3. The minimum absolute atomic E-state index is 0. The summed E-state index contributed by atoms with van der Waals surface area (Å²) in [6, 6.07) is 0. The van der Waals surface area contributed by atoms with Crippen LogP contribution in [0.25, 0.3) is 0 Å². The predicted molar refractivity (Wildman–Crippen MR) is 175 cm³/mol. The Morgan fingerprint density at radius 3 is 0.562 bits per heavy atom. The fraction of sp³-hybridized carbons (Fsp3) is 0.824. The van der Waals surface area contributed by atoms with Crippen molar-refractivity contribution in [3.63, 3.8) is 0 Å². The first-order valence-electron chi connectivity index (χ1n) is 16.5. The van der Waals surface area contributed by atoms with Gasteiger partial charge in [-0.25, -0.2) is 0 Å². The topological polar surface area (TPSA) is 255 Å². The fourth-order valence-corrected chi connectivity index (χ4v) is 2.49. The Kier molecular flexibility index (Phi) is 73.5. The molecule has 0 aromatic carbocycles. The largest absolute Gasteiger partial charge is 4.00 e. The molecule has 3 N–H and O–H groups in total. The van der Waals surface area contributed by atoms with Crippen LogP contribution >= 0.6 is 0 Å². The van der Waals surface area contributed by atoms with Crippen molar-refractivity contribution in [3.05, 3.63) is 0 Å². The van der Waals surface area contributed by atoms with Gasteiger partial charge in [0.2, 0.25) is 0 Å². The van der Waals surface area contributed by atoms with Gasteiger partial charge < -0.3 is 35.7 Å². The molecule has 3 atom stereocenters. The molecule has 0 saturated heterocycles. The van der Waals surface area contributed by atoms with Crippen LogP contribution in [0.2, 0.25) is 0 Å². The molecular weight excluding hydrogens is 708 g/mol. The quantitative estimate of drug-likeness (QED) is 0.180. The van der Waals surface area contributed by atoms with Gasteiger partial charge in [0.05, 0.1) is 0 Å². The van der Waals surface area contributed by atoms with Crippen LogP contribution in [0.3, 0.4) is 0 Å². The normalized spacial score (nSPS) is 10.6. The molecule has 13 nitrogen and oxygen atoms in total. The zero-order valence-electron chi connectivity index (χ0n) is 31.3. The Morgan fingerprint density at radius 2 is 0.562 bits per heavy atom. The SMILES string of the molecule is CCC(C(C)=O)C(=O)O.CCC(C(C)=O)C(=O)O.CCC(C(C)=O)C(=O)O.CCCC[O-].CCCC[O-].CCCC[O-].CCCC[O-].[Zr+4]. The molecule has 0 bridgehead atoms. The second-order valence-electron chi connectivity index (χ2n) is 9.96. The molecule has 0 aromatic heterocycles. The molecule has 0 radical (unpaired) electrons. The second kappa shape index (κ2) is 54.6. The Hall–Kier alpha value is -1.86. The summed E-state index contributed by atoms with van der Waals surface area (Å²) in [5.74, 6) is -6.29. The monoisotopic (exact) mass is 772 g/mol. The number of ketones is 3. The average Bonchev–Trinajstić information content (AvgIpc) is 2.97. The Morgan fingerprint density at radius 1 is 0.417 bits per heavy atom. The average molecular weight is 774 g/mol. The minimum Gasteiger partial charge on any atom is -0.854 e. The molecular formula is C34H66O13Zr. The standard InChI is InChI=1S/3C6H10O3.4C4H9O.Zr/c3*1-3-5(4(2)7)6(8)9;4*1-2-3-4-5;/h3*5H,3H2,1-2H3,(H,8,9);4*2-4H2,1H3;/q;;;4*-1;+4. The first-order chi connectivity index (χ1) is 21.9. The van der Waals surface area contributed by atoms with E-state index >= 15 is 0 Å². The molecule has 0 fully saturated rings. The van der Waals surface area contributed by atoms with E-state index in [4.69, 9.17) is 15.3 Å². The molecule has 0 saturated carbocycles. The van der Waals surface area contributed by atoms with E-state index in [1.807, 2.05) is 27.7 Å². The molecule has 14 heteroatoms. The fourth-order valence-electron chi connectivity index (χ4n) is 2.49. The van der Waals surface area contributed by atoms with E-state index in [2.05, 4.69) is 0 Å². The van der Waals surface area contributed by atoms with E-state index < -0.39 is 35.7 Å². The van der Waals surface area contributed by atoms with Crippen LogP contribution in [-0.2, 0) is 55.0 Å². The Bertz CT molecular complexity index is 582. The third-order valence-electron chi connectivity index (χ3n) is 5.58. The number of carbonyl (C=O) groups is 6. The van der Waals surface area contributed by atoms with E-state index in [-0.39, 0.29) is 70.0 Å². The van der Waals surface area contributed by atoms with E-state index in [0.717, 1.165) is 51.4 Å². The van der Waals surface area contributed by atoms with Gasteiger partial charge in [-0.1, -0.05) is 99.8 Å². The third kappa shape index (κ3) is 62.9. The van der Waals surface area contributed by atoms with Gasteiger partial charge in [-0.15, -0.1) is 26.4 Å². The molecule has 0 aliphatic rings. The number of carboxylic acids is 3. The van der Waals surface area contributed by atoms with Crippen LogP contribution in [0.1, 0.15) is 140 Å². The number of Topliss-reactive ketones (excluding diaryl/α,β-unsaturated/α-hetero) is 3. The van der Waals surface area contributed by atoms with Crippen molar-refractivity contribution >= 4 is 35.3 Å². The summed E-state index contributed by atoms with van der Waals surface area (Å²) < 4.78 is 0. The van der Waals surface area contributed by atoms with E-state index in [1.54, 1.807) is 20.8 Å². The summed E-state index contributed by atoms with van der Waals surface area (Å²) in [5, 5.41) is 63.1. The van der Waals surface area contributed by atoms with E-state index in [1.165, 1.54) is 20.8 Å². The van der Waals surface area contributed by atoms with E-state index in [0.29, 0.717) is 19.3 Å². The van der Waals surface area contributed by atoms with Gasteiger partial charge >= 0.3 is 44.1 Å². The van der Waals surface area contributed by atoms with Gasteiger partial charge in [-0.3, -0.25) is 28.8 Å². The molecule has 284 valence electrons. The van der Waals surface area contributed by atoms with Crippen molar-refractivity contribution < 1.29 is 90.7 Å². The van der Waals surface area contributed by atoms with Gasteiger partial charge in [0.1, 0.15) is 35.1 Å². The number of hydrogen-bond donors (Lipinski definition) is 3. The molecule has 0 rings (SSSR count). The van der Waals surface area contributed by atoms with Gasteiger partial charge in [0.25, 0.3) is 0 Å². The van der Waals surface area contributed by atoms with Crippen molar-refractivity contribution in [2.24, 2.45) is 17.8 Å². The van der Waals surface area contributed by atoms with Crippen LogP contribution in [0.4, 0.5) is 0 Å². The van der Waals surface area contributed by atoms with Gasteiger partial charge in [0, 0.05) is 0 Å². The summed E-state index contributed by atoms with van der Waals surface area (Å²) in [7, 11) is 0. The summed E-state index contributed by atoms with van der Waals surface area (Å²) in [6.45, 7) is 17.3. The summed E-state index contributed by atoms with van der Waals surface area (Å²) in [5.41, 5.74) is 0. The van der Waals surface area contributed by atoms with Gasteiger partial charge in [-0.05, 0) is 40.0 Å². The number of carboxylic acid groups (broad SMARTS) is 3. The number of rotatable bonds is 17. The molecule has 3 unspecified atom stereocenters. The molecule has 0 aliphatic heterocycles. The molecule has 0 amide bonds. The molecule has 0 aliphatic carbocycles. The summed E-state index contributed by atoms with van der Waals surface area (Å²) in [6.07, 6.45) is 8.60. The zero-order valence-corrected chi connectivity index (χ0v) is 33.7. The maximum absolute atomic E-state index is 10.4. The van der Waals surface area contributed by atoms with Crippen molar-refractivity contribution in [2.75, 3.05) is 26.4 Å². The van der Waals surface area contributed by atoms with Crippen LogP contribution < -0.4 is 20.4 Å². The van der Waals surface area contributed by atoms with Crippen molar-refractivity contribution in [1.82, 2.24) is 0 Å². The van der Waals surface area contributed by atoms with Crippen molar-refractivity contribution in [1.29, 1.82) is 0 Å². The Balaban J connectivity index is -0.0000000658. The number of unbranched alkanes of at least 4 members (excludes halogenated alkanes) is 4.